The SMILES string of the molecule is COC(=O)CCC1([N+](=O)[O-])COCC(Cc2ccccc2)C1. The van der Waals surface area contributed by atoms with Gasteiger partial charge < -0.3 is 9.47 Å². The fraction of sp³-hybridized carbons (Fsp3) is 0.562. The molecule has 1 aliphatic heterocycles. The number of carbonyl (C=O) groups is 1. The maximum Gasteiger partial charge on any atom is 0.305 e. The second-order valence-corrected chi connectivity index (χ2v) is 5.83. The van der Waals surface area contributed by atoms with E-state index in [0.717, 1.165) is 12.0 Å². The number of rotatable bonds is 6. The predicted molar refractivity (Wildman–Crippen MR) is 80.0 cm³/mol. The first-order chi connectivity index (χ1) is 10.6. The van der Waals surface area contributed by atoms with Gasteiger partial charge in [0.25, 0.3) is 0 Å². The Hall–Kier alpha value is -1.95. The highest BCUT2D eigenvalue weighted by atomic mass is 16.6. The topological polar surface area (TPSA) is 78.7 Å². The zero-order valence-corrected chi connectivity index (χ0v) is 12.7. The summed E-state index contributed by atoms with van der Waals surface area (Å²) in [5.41, 5.74) is -0.0467. The maximum atomic E-state index is 11.5. The normalized spacial score (nSPS) is 24.7. The zero-order chi connectivity index (χ0) is 16.0. The number of esters is 1. The van der Waals surface area contributed by atoms with Crippen molar-refractivity contribution < 1.29 is 19.2 Å². The van der Waals surface area contributed by atoms with Crippen molar-refractivity contribution in [2.45, 2.75) is 31.2 Å². The van der Waals surface area contributed by atoms with Crippen molar-refractivity contribution in [3.05, 3.63) is 46.0 Å². The van der Waals surface area contributed by atoms with Crippen molar-refractivity contribution in [1.82, 2.24) is 0 Å². The molecule has 1 aromatic rings. The van der Waals surface area contributed by atoms with E-state index in [1.54, 1.807) is 0 Å². The minimum atomic E-state index is -1.19. The summed E-state index contributed by atoms with van der Waals surface area (Å²) in [5, 5.41) is 11.5. The lowest BCUT2D eigenvalue weighted by Crippen LogP contribution is -2.49. The van der Waals surface area contributed by atoms with Gasteiger partial charge in [-0.25, -0.2) is 0 Å². The molecule has 6 heteroatoms. The fourth-order valence-corrected chi connectivity index (χ4v) is 2.98. The molecule has 1 heterocycles. The number of ether oxygens (including phenoxy) is 2. The monoisotopic (exact) mass is 307 g/mol. The molecule has 0 bridgehead atoms. The van der Waals surface area contributed by atoms with Crippen molar-refractivity contribution in [1.29, 1.82) is 0 Å². The molecule has 1 aromatic carbocycles. The minimum Gasteiger partial charge on any atom is -0.469 e. The Morgan fingerprint density at radius 2 is 2.18 bits per heavy atom. The van der Waals surface area contributed by atoms with Gasteiger partial charge in [-0.3, -0.25) is 14.9 Å². The van der Waals surface area contributed by atoms with Crippen molar-refractivity contribution in [2.75, 3.05) is 20.3 Å². The highest BCUT2D eigenvalue weighted by Crippen LogP contribution is 2.32. The summed E-state index contributed by atoms with van der Waals surface area (Å²) in [6.07, 6.45) is 1.36. The van der Waals surface area contributed by atoms with Gasteiger partial charge in [-0.1, -0.05) is 30.3 Å². The van der Waals surface area contributed by atoms with Crippen LogP contribution in [-0.2, 0) is 20.7 Å². The number of nitro groups is 1. The van der Waals surface area contributed by atoms with Crippen LogP contribution < -0.4 is 0 Å². The molecule has 0 N–H and O–H groups in total. The summed E-state index contributed by atoms with van der Waals surface area (Å²) in [6.45, 7) is 0.574. The summed E-state index contributed by atoms with van der Waals surface area (Å²) in [4.78, 5) is 22.6. The van der Waals surface area contributed by atoms with Crippen molar-refractivity contribution >= 4 is 5.97 Å². The molecule has 0 aliphatic carbocycles. The van der Waals surface area contributed by atoms with E-state index >= 15 is 0 Å². The fourth-order valence-electron chi connectivity index (χ4n) is 2.98. The predicted octanol–water partition coefficient (Wildman–Crippen LogP) is 2.23. The zero-order valence-electron chi connectivity index (χ0n) is 12.7. The van der Waals surface area contributed by atoms with E-state index in [0.29, 0.717) is 13.0 Å². The average molecular weight is 307 g/mol. The molecule has 2 atom stereocenters. The quantitative estimate of drug-likeness (QED) is 0.457. The smallest absolute Gasteiger partial charge is 0.305 e. The van der Waals surface area contributed by atoms with Gasteiger partial charge in [-0.05, 0) is 17.9 Å². The summed E-state index contributed by atoms with van der Waals surface area (Å²) in [6, 6.07) is 9.88. The molecule has 0 spiro atoms. The molecule has 0 saturated carbocycles. The number of nitrogens with zero attached hydrogens (tertiary/aromatic N) is 1. The molecule has 2 rings (SSSR count). The molecule has 120 valence electrons. The number of hydrogen-bond acceptors (Lipinski definition) is 5. The number of benzene rings is 1. The third-order valence-electron chi connectivity index (χ3n) is 4.17. The van der Waals surface area contributed by atoms with E-state index in [2.05, 4.69) is 4.74 Å². The van der Waals surface area contributed by atoms with Crippen LogP contribution in [0.25, 0.3) is 0 Å². The minimum absolute atomic E-state index is 0.0406. The van der Waals surface area contributed by atoms with Crippen LogP contribution in [0.3, 0.4) is 0 Å². The Morgan fingerprint density at radius 1 is 1.45 bits per heavy atom. The highest BCUT2D eigenvalue weighted by Gasteiger charge is 2.48. The summed E-state index contributed by atoms with van der Waals surface area (Å²) in [7, 11) is 1.29. The molecular weight excluding hydrogens is 286 g/mol. The van der Waals surface area contributed by atoms with Crippen molar-refractivity contribution in [3.63, 3.8) is 0 Å². The first-order valence-corrected chi connectivity index (χ1v) is 7.39. The highest BCUT2D eigenvalue weighted by molar-refractivity contribution is 5.69. The van der Waals surface area contributed by atoms with E-state index in [-0.39, 0.29) is 30.3 Å². The second kappa shape index (κ2) is 7.35. The molecule has 1 fully saturated rings. The Bertz CT molecular complexity index is 519. The van der Waals surface area contributed by atoms with Crippen LogP contribution in [0.5, 0.6) is 0 Å². The van der Waals surface area contributed by atoms with E-state index in [1.165, 1.54) is 7.11 Å². The van der Waals surface area contributed by atoms with Gasteiger partial charge in [-0.2, -0.15) is 0 Å². The van der Waals surface area contributed by atoms with Crippen LogP contribution in [-0.4, -0.2) is 36.8 Å². The van der Waals surface area contributed by atoms with Gasteiger partial charge in [-0.15, -0.1) is 0 Å². The first kappa shape index (κ1) is 16.4. The molecule has 2 unspecified atom stereocenters. The third-order valence-corrected chi connectivity index (χ3v) is 4.17. The second-order valence-electron chi connectivity index (χ2n) is 5.83. The van der Waals surface area contributed by atoms with Gasteiger partial charge in [0, 0.05) is 17.8 Å². The molecule has 0 aromatic heterocycles. The lowest BCUT2D eigenvalue weighted by atomic mass is 9.80. The van der Waals surface area contributed by atoms with E-state index in [1.807, 2.05) is 30.3 Å². The number of carbonyl (C=O) groups excluding carboxylic acids is 1. The van der Waals surface area contributed by atoms with Gasteiger partial charge in [0.15, 0.2) is 0 Å². The first-order valence-electron chi connectivity index (χ1n) is 7.39. The average Bonchev–Trinajstić information content (AvgIpc) is 2.53. The van der Waals surface area contributed by atoms with E-state index < -0.39 is 11.5 Å². The summed E-state index contributed by atoms with van der Waals surface area (Å²) in [5.74, 6) is -0.342. The van der Waals surface area contributed by atoms with Crippen LogP contribution in [0.15, 0.2) is 30.3 Å². The Morgan fingerprint density at radius 3 is 2.82 bits per heavy atom. The van der Waals surface area contributed by atoms with Gasteiger partial charge in [0.2, 0.25) is 5.54 Å². The van der Waals surface area contributed by atoms with Crippen molar-refractivity contribution in [3.8, 4) is 0 Å². The van der Waals surface area contributed by atoms with Gasteiger partial charge in [0.1, 0.15) is 6.61 Å². The molecule has 0 amide bonds. The van der Waals surface area contributed by atoms with E-state index in [9.17, 15) is 14.9 Å². The third kappa shape index (κ3) is 4.04. The lowest BCUT2D eigenvalue weighted by Gasteiger charge is -2.34. The Labute approximate surface area is 129 Å². The summed E-state index contributed by atoms with van der Waals surface area (Å²) < 4.78 is 10.1. The number of hydrogen-bond donors (Lipinski definition) is 0. The molecule has 6 nitrogen and oxygen atoms in total. The van der Waals surface area contributed by atoms with Crippen LogP contribution in [0.2, 0.25) is 0 Å². The molecular formula is C16H21NO5. The molecule has 1 saturated heterocycles. The van der Waals surface area contributed by atoms with Gasteiger partial charge >= 0.3 is 5.97 Å². The largest absolute Gasteiger partial charge is 0.469 e. The van der Waals surface area contributed by atoms with E-state index in [4.69, 9.17) is 4.74 Å². The number of methoxy groups -OCH3 is 1. The standard InChI is InChI=1S/C16H21NO5/c1-21-15(18)7-8-16(17(19)20)10-14(11-22-12-16)9-13-5-3-2-4-6-13/h2-6,14H,7-12H2,1H3. The summed E-state index contributed by atoms with van der Waals surface area (Å²) >= 11 is 0. The van der Waals surface area contributed by atoms with Crippen LogP contribution in [0, 0.1) is 16.0 Å². The lowest BCUT2D eigenvalue weighted by molar-refractivity contribution is -0.582. The van der Waals surface area contributed by atoms with Crippen LogP contribution in [0.1, 0.15) is 24.8 Å². The Kier molecular flexibility index (Phi) is 5.49. The molecule has 1 aliphatic rings. The Balaban J connectivity index is 2.04. The van der Waals surface area contributed by atoms with Crippen LogP contribution in [0.4, 0.5) is 0 Å². The molecule has 0 radical (unpaired) electrons. The molecule has 22 heavy (non-hydrogen) atoms. The van der Waals surface area contributed by atoms with Gasteiger partial charge in [0.05, 0.1) is 20.1 Å². The van der Waals surface area contributed by atoms with Crippen molar-refractivity contribution in [2.24, 2.45) is 5.92 Å². The van der Waals surface area contributed by atoms with Crippen LogP contribution >= 0.6 is 0 Å². The maximum absolute atomic E-state index is 11.5.